The van der Waals surface area contributed by atoms with Crippen LogP contribution in [-0.4, -0.2) is 46.1 Å². The lowest BCUT2D eigenvalue weighted by atomic mass is 9.72. The van der Waals surface area contributed by atoms with E-state index in [0.29, 0.717) is 36.1 Å². The van der Waals surface area contributed by atoms with E-state index in [-0.39, 0.29) is 24.7 Å². The highest BCUT2D eigenvalue weighted by molar-refractivity contribution is 6.77. The largest absolute Gasteiger partial charge is 0.415 e. The van der Waals surface area contributed by atoms with Crippen molar-refractivity contribution in [3.05, 3.63) is 23.8 Å². The van der Waals surface area contributed by atoms with Crippen LogP contribution in [0.3, 0.4) is 0 Å². The van der Waals surface area contributed by atoms with Crippen LogP contribution < -0.4 is 0 Å². The highest BCUT2D eigenvalue weighted by Gasteiger charge is 2.44. The van der Waals surface area contributed by atoms with Crippen molar-refractivity contribution in [2.45, 2.75) is 103 Å². The summed E-state index contributed by atoms with van der Waals surface area (Å²) in [5.41, 5.74) is 4.10. The lowest BCUT2D eigenvalue weighted by molar-refractivity contribution is -0.0862. The fraction of sp³-hybridized carbons (Fsp3) is 0.778. The van der Waals surface area contributed by atoms with Crippen molar-refractivity contribution in [3.63, 3.8) is 0 Å². The molecule has 0 aromatic heterocycles. The molecule has 0 radical (unpaired) electrons. The molecular weight excluding hydrogens is 416 g/mol. The zero-order valence-electron chi connectivity index (χ0n) is 22.0. The third-order valence-electron chi connectivity index (χ3n) is 6.99. The van der Waals surface area contributed by atoms with Crippen molar-refractivity contribution in [2.75, 3.05) is 20.5 Å². The topological polar surface area (TPSA) is 47.9 Å². The number of methoxy groups -OCH3 is 1. The van der Waals surface area contributed by atoms with Crippen molar-refractivity contribution in [3.8, 4) is 11.8 Å². The molecule has 0 unspecified atom stereocenters. The molecule has 5 heteroatoms. The Bertz CT molecular complexity index is 649. The SMILES string of the molecule is C=C(C)[C@@H]1CC(C)=C[C@H](OCOC)[C@H]1C[C@@H](O)C#CCCO[Si](C(C)C)(C(C)C)C(C)C. The molecule has 0 saturated carbocycles. The summed E-state index contributed by atoms with van der Waals surface area (Å²) in [5, 5.41) is 10.7. The van der Waals surface area contributed by atoms with Crippen molar-refractivity contribution in [2.24, 2.45) is 11.8 Å². The maximum Gasteiger partial charge on any atom is 0.200 e. The van der Waals surface area contributed by atoms with E-state index < -0.39 is 14.4 Å². The predicted octanol–water partition coefficient (Wildman–Crippen LogP) is 6.47. The van der Waals surface area contributed by atoms with Crippen LogP contribution in [0.1, 0.15) is 74.7 Å². The van der Waals surface area contributed by atoms with E-state index in [1.54, 1.807) is 7.11 Å². The average Bonchev–Trinajstić information content (AvgIpc) is 2.69. The lowest BCUT2D eigenvalue weighted by Gasteiger charge is -2.42. The number of ether oxygens (including phenoxy) is 2. The normalized spacial score (nSPS) is 22.7. The molecule has 0 bridgehead atoms. The summed E-state index contributed by atoms with van der Waals surface area (Å²) < 4.78 is 17.6. The summed E-state index contributed by atoms with van der Waals surface area (Å²) in [6, 6.07) is 0. The van der Waals surface area contributed by atoms with Gasteiger partial charge in [-0.25, -0.2) is 0 Å². The van der Waals surface area contributed by atoms with E-state index in [1.807, 2.05) is 0 Å². The van der Waals surface area contributed by atoms with Gasteiger partial charge >= 0.3 is 0 Å². The summed E-state index contributed by atoms with van der Waals surface area (Å²) in [6.07, 6.45) is 3.53. The zero-order chi connectivity index (χ0) is 24.5. The quantitative estimate of drug-likeness (QED) is 0.118. The second-order valence-corrected chi connectivity index (χ2v) is 15.8. The smallest absolute Gasteiger partial charge is 0.200 e. The van der Waals surface area contributed by atoms with Gasteiger partial charge in [0.2, 0.25) is 0 Å². The summed E-state index contributed by atoms with van der Waals surface area (Å²) in [4.78, 5) is 0. The van der Waals surface area contributed by atoms with Crippen LogP contribution in [0.5, 0.6) is 0 Å². The van der Waals surface area contributed by atoms with Crippen molar-refractivity contribution >= 4 is 8.32 Å². The van der Waals surface area contributed by atoms with Gasteiger partial charge in [-0.1, -0.05) is 77.2 Å². The van der Waals surface area contributed by atoms with E-state index in [4.69, 9.17) is 13.9 Å². The predicted molar refractivity (Wildman–Crippen MR) is 137 cm³/mol. The van der Waals surface area contributed by atoms with Gasteiger partial charge < -0.3 is 19.0 Å². The molecule has 0 spiro atoms. The molecule has 0 aliphatic heterocycles. The molecule has 0 amide bonds. The fourth-order valence-corrected chi connectivity index (χ4v) is 11.1. The number of aliphatic hydroxyl groups is 1. The third-order valence-corrected chi connectivity index (χ3v) is 13.1. The standard InChI is InChI=1S/C27H48O4Si/c1-19(2)25-15-23(9)16-27(30-18-29-10)26(25)17-24(28)13-11-12-14-31-32(20(3)4,21(5)6)22(7)8/h16,20-22,24-28H,1,12,14-15,17-18H2,2-10H3/t24-,25-,26-,27-/m0/s1. The molecule has 0 aromatic carbocycles. The van der Waals surface area contributed by atoms with Crippen molar-refractivity contribution in [1.82, 2.24) is 0 Å². The van der Waals surface area contributed by atoms with Crippen molar-refractivity contribution in [1.29, 1.82) is 0 Å². The first-order valence-electron chi connectivity index (χ1n) is 12.2. The molecule has 1 rings (SSSR count). The molecule has 32 heavy (non-hydrogen) atoms. The van der Waals surface area contributed by atoms with Gasteiger partial charge in [0.25, 0.3) is 0 Å². The highest BCUT2D eigenvalue weighted by Crippen LogP contribution is 2.42. The second-order valence-electron chi connectivity index (χ2n) is 10.4. The first-order chi connectivity index (χ1) is 15.0. The van der Waals surface area contributed by atoms with Gasteiger partial charge in [0.15, 0.2) is 8.32 Å². The van der Waals surface area contributed by atoms with Crippen LogP contribution in [0.25, 0.3) is 0 Å². The molecule has 1 aliphatic rings. The van der Waals surface area contributed by atoms with Gasteiger partial charge in [0.1, 0.15) is 12.9 Å². The van der Waals surface area contributed by atoms with Gasteiger partial charge in [-0.2, -0.15) is 0 Å². The molecular formula is C27H48O4Si. The molecule has 0 fully saturated rings. The summed E-state index contributed by atoms with van der Waals surface area (Å²) in [6.45, 7) is 23.0. The number of allylic oxidation sites excluding steroid dienone is 2. The highest BCUT2D eigenvalue weighted by atomic mass is 28.4. The maximum atomic E-state index is 10.7. The molecule has 0 heterocycles. The van der Waals surface area contributed by atoms with E-state index in [9.17, 15) is 5.11 Å². The Morgan fingerprint density at radius 3 is 2.28 bits per heavy atom. The fourth-order valence-electron chi connectivity index (χ4n) is 5.64. The number of hydrogen-bond acceptors (Lipinski definition) is 4. The molecule has 1 N–H and O–H groups in total. The first-order valence-corrected chi connectivity index (χ1v) is 14.3. The Balaban J connectivity index is 2.78. The Labute approximate surface area is 198 Å². The summed E-state index contributed by atoms with van der Waals surface area (Å²) >= 11 is 0. The van der Waals surface area contributed by atoms with Crippen molar-refractivity contribution < 1.29 is 19.0 Å². The van der Waals surface area contributed by atoms with Crippen LogP contribution >= 0.6 is 0 Å². The number of aliphatic hydroxyl groups excluding tert-OH is 1. The molecule has 184 valence electrons. The van der Waals surface area contributed by atoms with Gasteiger partial charge in [0.05, 0.1) is 6.10 Å². The monoisotopic (exact) mass is 464 g/mol. The van der Waals surface area contributed by atoms with E-state index in [0.717, 1.165) is 12.0 Å². The van der Waals surface area contributed by atoms with Crippen LogP contribution in [0, 0.1) is 23.7 Å². The molecule has 0 saturated heterocycles. The number of rotatable bonds is 12. The average molecular weight is 465 g/mol. The second kappa shape index (κ2) is 13.7. The third kappa shape index (κ3) is 7.85. The van der Waals surface area contributed by atoms with Gasteiger partial charge in [-0.3, -0.25) is 0 Å². The Morgan fingerprint density at radius 2 is 1.78 bits per heavy atom. The van der Waals surface area contributed by atoms with Gasteiger partial charge in [-0.05, 0) is 55.1 Å². The molecule has 1 aliphatic carbocycles. The molecule has 4 nitrogen and oxygen atoms in total. The van der Waals surface area contributed by atoms with Gasteiger partial charge in [0, 0.05) is 20.1 Å². The zero-order valence-corrected chi connectivity index (χ0v) is 23.0. The maximum absolute atomic E-state index is 10.7. The first kappa shape index (κ1) is 29.1. The summed E-state index contributed by atoms with van der Waals surface area (Å²) in [7, 11) is -0.238. The Morgan fingerprint density at radius 1 is 1.19 bits per heavy atom. The van der Waals surface area contributed by atoms with E-state index in [2.05, 4.69) is 79.9 Å². The Hall–Kier alpha value is -0.903. The minimum Gasteiger partial charge on any atom is -0.415 e. The minimum atomic E-state index is -1.86. The van der Waals surface area contributed by atoms with Crippen LogP contribution in [0.4, 0.5) is 0 Å². The van der Waals surface area contributed by atoms with E-state index >= 15 is 0 Å². The van der Waals surface area contributed by atoms with Gasteiger partial charge in [-0.15, -0.1) is 0 Å². The summed E-state index contributed by atoms with van der Waals surface area (Å²) in [5.74, 6) is 6.63. The Kier molecular flexibility index (Phi) is 12.5. The van der Waals surface area contributed by atoms with Crippen LogP contribution in [0.2, 0.25) is 16.6 Å². The van der Waals surface area contributed by atoms with Crippen LogP contribution in [-0.2, 0) is 13.9 Å². The number of hydrogen-bond donors (Lipinski definition) is 1. The van der Waals surface area contributed by atoms with Crippen LogP contribution in [0.15, 0.2) is 23.8 Å². The lowest BCUT2D eigenvalue weighted by Crippen LogP contribution is -2.47. The van der Waals surface area contributed by atoms with E-state index in [1.165, 1.54) is 5.57 Å². The molecule has 4 atom stereocenters. The minimum absolute atomic E-state index is 0.0973. The molecule has 0 aromatic rings.